The van der Waals surface area contributed by atoms with E-state index >= 15 is 0 Å². The van der Waals surface area contributed by atoms with Crippen molar-refractivity contribution in [3.63, 3.8) is 0 Å². The lowest BCUT2D eigenvalue weighted by atomic mass is 10.0. The minimum atomic E-state index is -0.550. The van der Waals surface area contributed by atoms with Gasteiger partial charge in [-0.15, -0.1) is 0 Å². The van der Waals surface area contributed by atoms with Crippen molar-refractivity contribution in [2.75, 3.05) is 18.1 Å². The van der Waals surface area contributed by atoms with Crippen molar-refractivity contribution in [2.24, 2.45) is 0 Å². The van der Waals surface area contributed by atoms with Crippen molar-refractivity contribution >= 4 is 23.6 Å². The van der Waals surface area contributed by atoms with Gasteiger partial charge in [0.15, 0.2) is 0 Å². The van der Waals surface area contributed by atoms with E-state index in [1.807, 2.05) is 30.3 Å². The highest BCUT2D eigenvalue weighted by atomic mass is 32.2. The van der Waals surface area contributed by atoms with E-state index in [-0.39, 0.29) is 17.9 Å². The van der Waals surface area contributed by atoms with Crippen LogP contribution in [0.4, 0.5) is 0 Å². The fourth-order valence-corrected chi connectivity index (χ4v) is 2.92. The molecule has 2 unspecified atom stereocenters. The van der Waals surface area contributed by atoms with E-state index in [0.717, 1.165) is 17.1 Å². The quantitative estimate of drug-likeness (QED) is 0.842. The van der Waals surface area contributed by atoms with Crippen LogP contribution in [0.3, 0.4) is 0 Å². The molecule has 2 atom stereocenters. The van der Waals surface area contributed by atoms with Gasteiger partial charge in [-0.25, -0.2) is 0 Å². The molecule has 1 N–H and O–H groups in total. The maximum Gasteiger partial charge on any atom is 0.250 e. The molecule has 1 fully saturated rings. The Morgan fingerprint density at radius 1 is 1.25 bits per heavy atom. The summed E-state index contributed by atoms with van der Waals surface area (Å²) < 4.78 is 0. The fourth-order valence-electron chi connectivity index (χ4n) is 2.31. The number of thioether (sulfide) groups is 1. The zero-order valence-corrected chi connectivity index (χ0v) is 12.7. The molecule has 2 rings (SSSR count). The molecule has 4 nitrogen and oxygen atoms in total. The van der Waals surface area contributed by atoms with Crippen molar-refractivity contribution in [3.8, 4) is 0 Å². The number of rotatable bonds is 5. The highest BCUT2D eigenvalue weighted by molar-refractivity contribution is 7.99. The smallest absolute Gasteiger partial charge is 0.250 e. The number of nitrogens with one attached hydrogen (secondary N) is 1. The van der Waals surface area contributed by atoms with E-state index < -0.39 is 6.04 Å². The van der Waals surface area contributed by atoms with Gasteiger partial charge in [-0.3, -0.25) is 9.59 Å². The third kappa shape index (κ3) is 3.15. The third-order valence-electron chi connectivity index (χ3n) is 3.48. The van der Waals surface area contributed by atoms with Crippen LogP contribution in [-0.4, -0.2) is 40.8 Å². The first-order valence-corrected chi connectivity index (χ1v) is 8.04. The molecular formula is C15H20N2O2S. The average Bonchev–Trinajstić information content (AvgIpc) is 2.47. The van der Waals surface area contributed by atoms with E-state index in [1.165, 1.54) is 0 Å². The standard InChI is InChI=1S/C15H20N2O2S/c1-3-20-10-9-17-11(2)14(18)16-13(15(17)19)12-7-5-4-6-8-12/h4-8,11,13H,3,9-10H2,1-2H3,(H,16,18). The highest BCUT2D eigenvalue weighted by Crippen LogP contribution is 2.22. The second-order valence-corrected chi connectivity index (χ2v) is 6.15. The molecule has 1 heterocycles. The molecule has 0 bridgehead atoms. The van der Waals surface area contributed by atoms with Crippen LogP contribution in [0.5, 0.6) is 0 Å². The predicted octanol–water partition coefficient (Wildman–Crippen LogP) is 1.83. The summed E-state index contributed by atoms with van der Waals surface area (Å²) in [6.45, 7) is 4.49. The molecule has 2 amide bonds. The normalized spacial score (nSPS) is 22.8. The van der Waals surface area contributed by atoms with Gasteiger partial charge in [-0.1, -0.05) is 37.3 Å². The zero-order chi connectivity index (χ0) is 14.5. The van der Waals surface area contributed by atoms with Crippen LogP contribution in [0.15, 0.2) is 30.3 Å². The first kappa shape index (κ1) is 14.9. The lowest BCUT2D eigenvalue weighted by Gasteiger charge is -2.37. The van der Waals surface area contributed by atoms with Crippen molar-refractivity contribution in [1.29, 1.82) is 0 Å². The summed E-state index contributed by atoms with van der Waals surface area (Å²) in [5.74, 6) is 1.78. The van der Waals surface area contributed by atoms with E-state index in [0.29, 0.717) is 6.54 Å². The Morgan fingerprint density at radius 3 is 2.60 bits per heavy atom. The van der Waals surface area contributed by atoms with Crippen LogP contribution >= 0.6 is 11.8 Å². The number of carbonyl (C=O) groups is 2. The predicted molar refractivity (Wildman–Crippen MR) is 81.5 cm³/mol. The molecule has 0 aromatic heterocycles. The van der Waals surface area contributed by atoms with Gasteiger partial charge in [0.25, 0.3) is 5.91 Å². The molecule has 1 aliphatic heterocycles. The van der Waals surface area contributed by atoms with Crippen molar-refractivity contribution in [3.05, 3.63) is 35.9 Å². The third-order valence-corrected chi connectivity index (χ3v) is 4.36. The average molecular weight is 292 g/mol. The number of amides is 2. The lowest BCUT2D eigenvalue weighted by molar-refractivity contribution is -0.148. The van der Waals surface area contributed by atoms with Crippen LogP contribution in [0.25, 0.3) is 0 Å². The van der Waals surface area contributed by atoms with Crippen LogP contribution in [0.1, 0.15) is 25.5 Å². The van der Waals surface area contributed by atoms with E-state index in [9.17, 15) is 9.59 Å². The first-order chi connectivity index (χ1) is 9.65. The molecule has 0 aliphatic carbocycles. The van der Waals surface area contributed by atoms with Crippen LogP contribution < -0.4 is 5.32 Å². The van der Waals surface area contributed by atoms with E-state index in [4.69, 9.17) is 0 Å². The largest absolute Gasteiger partial charge is 0.339 e. The fraction of sp³-hybridized carbons (Fsp3) is 0.467. The van der Waals surface area contributed by atoms with E-state index in [1.54, 1.807) is 23.6 Å². The van der Waals surface area contributed by atoms with Gasteiger partial charge in [-0.05, 0) is 18.2 Å². The van der Waals surface area contributed by atoms with Gasteiger partial charge >= 0.3 is 0 Å². The van der Waals surface area contributed by atoms with Gasteiger partial charge in [0.05, 0.1) is 0 Å². The molecule has 0 saturated carbocycles. The number of benzene rings is 1. The molecule has 0 spiro atoms. The second kappa shape index (κ2) is 6.79. The molecule has 108 valence electrons. The molecule has 1 aromatic rings. The Morgan fingerprint density at radius 2 is 1.95 bits per heavy atom. The Balaban J connectivity index is 2.15. The van der Waals surface area contributed by atoms with Crippen molar-refractivity contribution < 1.29 is 9.59 Å². The molecule has 1 aliphatic rings. The van der Waals surface area contributed by atoms with E-state index in [2.05, 4.69) is 12.2 Å². The van der Waals surface area contributed by atoms with Gasteiger partial charge in [0, 0.05) is 12.3 Å². The Labute approximate surface area is 123 Å². The number of nitrogens with zero attached hydrogens (tertiary/aromatic N) is 1. The van der Waals surface area contributed by atoms with Gasteiger partial charge in [0.1, 0.15) is 12.1 Å². The SMILES string of the molecule is CCSCCN1C(=O)C(c2ccccc2)NC(=O)C1C. The minimum Gasteiger partial charge on any atom is -0.339 e. The van der Waals surface area contributed by atoms with Crippen LogP contribution in [0.2, 0.25) is 0 Å². The molecule has 1 aromatic carbocycles. The summed E-state index contributed by atoms with van der Waals surface area (Å²) in [6.07, 6.45) is 0. The Bertz CT molecular complexity index is 478. The lowest BCUT2D eigenvalue weighted by Crippen LogP contribution is -2.58. The molecular weight excluding hydrogens is 272 g/mol. The molecule has 1 saturated heterocycles. The summed E-state index contributed by atoms with van der Waals surface area (Å²) in [5, 5.41) is 2.82. The van der Waals surface area contributed by atoms with Crippen molar-refractivity contribution in [1.82, 2.24) is 10.2 Å². The van der Waals surface area contributed by atoms with Crippen molar-refractivity contribution in [2.45, 2.75) is 25.9 Å². The highest BCUT2D eigenvalue weighted by Gasteiger charge is 2.38. The van der Waals surface area contributed by atoms with Gasteiger partial charge in [-0.2, -0.15) is 11.8 Å². The summed E-state index contributed by atoms with van der Waals surface area (Å²) in [6, 6.07) is 8.46. The Kier molecular flexibility index (Phi) is 5.06. The maximum atomic E-state index is 12.6. The molecule has 0 radical (unpaired) electrons. The van der Waals surface area contributed by atoms with Crippen LogP contribution in [0, 0.1) is 0 Å². The summed E-state index contributed by atoms with van der Waals surface area (Å²) in [4.78, 5) is 26.3. The van der Waals surface area contributed by atoms with Gasteiger partial charge < -0.3 is 10.2 Å². The Hall–Kier alpha value is -1.49. The monoisotopic (exact) mass is 292 g/mol. The first-order valence-electron chi connectivity index (χ1n) is 6.88. The topological polar surface area (TPSA) is 49.4 Å². The summed E-state index contributed by atoms with van der Waals surface area (Å²) >= 11 is 1.78. The van der Waals surface area contributed by atoms with Gasteiger partial charge in [0.2, 0.25) is 5.91 Å². The number of hydrogen-bond donors (Lipinski definition) is 1. The summed E-state index contributed by atoms with van der Waals surface area (Å²) in [5.41, 5.74) is 0.839. The molecule has 5 heteroatoms. The maximum absolute atomic E-state index is 12.6. The molecule has 20 heavy (non-hydrogen) atoms. The number of piperazine rings is 1. The number of hydrogen-bond acceptors (Lipinski definition) is 3. The minimum absolute atomic E-state index is 0.0139. The summed E-state index contributed by atoms with van der Waals surface area (Å²) in [7, 11) is 0. The van der Waals surface area contributed by atoms with Crippen LogP contribution in [-0.2, 0) is 9.59 Å². The number of carbonyl (C=O) groups excluding carboxylic acids is 2. The zero-order valence-electron chi connectivity index (χ0n) is 11.8. The second-order valence-electron chi connectivity index (χ2n) is 4.76.